The van der Waals surface area contributed by atoms with Gasteiger partial charge in [0.2, 0.25) is 0 Å². The number of hydrogen-bond acceptors (Lipinski definition) is 2. The smallest absolute Gasteiger partial charge is 0.311 e. The molecule has 0 saturated heterocycles. The van der Waals surface area contributed by atoms with Gasteiger partial charge < -0.3 is 10.8 Å². The molecule has 1 aromatic rings. The van der Waals surface area contributed by atoms with Crippen molar-refractivity contribution in [3.05, 3.63) is 29.3 Å². The second-order valence-corrected chi connectivity index (χ2v) is 3.17. The number of halogens is 2. The first-order valence-corrected chi connectivity index (χ1v) is 4.45. The summed E-state index contributed by atoms with van der Waals surface area (Å²) in [5, 5.41) is 8.79. The molecule has 0 aliphatic heterocycles. The van der Waals surface area contributed by atoms with Crippen molar-refractivity contribution in [2.45, 2.75) is 19.3 Å². The fourth-order valence-corrected chi connectivity index (χ4v) is 1.38. The second-order valence-electron chi connectivity index (χ2n) is 3.17. The van der Waals surface area contributed by atoms with Gasteiger partial charge in [-0.2, -0.15) is 0 Å². The van der Waals surface area contributed by atoms with Gasteiger partial charge in [-0.1, -0.05) is 13.0 Å². The Morgan fingerprint density at radius 2 is 2.07 bits per heavy atom. The van der Waals surface area contributed by atoms with Crippen LogP contribution in [-0.4, -0.2) is 11.1 Å². The van der Waals surface area contributed by atoms with Gasteiger partial charge in [0.15, 0.2) is 11.6 Å². The average Bonchev–Trinajstić information content (AvgIpc) is 2.18. The molecule has 1 unspecified atom stereocenters. The molecule has 3 nitrogen and oxygen atoms in total. The summed E-state index contributed by atoms with van der Waals surface area (Å²) in [7, 11) is 0. The summed E-state index contributed by atoms with van der Waals surface area (Å²) in [5.41, 5.74) is 4.65. The molecule has 15 heavy (non-hydrogen) atoms. The molecule has 0 saturated carbocycles. The van der Waals surface area contributed by atoms with Crippen molar-refractivity contribution < 1.29 is 18.7 Å². The van der Waals surface area contributed by atoms with E-state index < -0.39 is 23.5 Å². The van der Waals surface area contributed by atoms with Crippen LogP contribution in [0.5, 0.6) is 0 Å². The molecule has 0 spiro atoms. The Hall–Kier alpha value is -1.65. The topological polar surface area (TPSA) is 63.3 Å². The van der Waals surface area contributed by atoms with E-state index in [0.29, 0.717) is 0 Å². The maximum atomic E-state index is 13.3. The highest BCUT2D eigenvalue weighted by Gasteiger charge is 2.23. The van der Waals surface area contributed by atoms with Gasteiger partial charge in [-0.3, -0.25) is 4.79 Å². The van der Waals surface area contributed by atoms with E-state index in [4.69, 9.17) is 10.8 Å². The summed E-state index contributed by atoms with van der Waals surface area (Å²) in [6.45, 7) is 1.59. The zero-order valence-corrected chi connectivity index (χ0v) is 8.13. The van der Waals surface area contributed by atoms with E-state index in [1.165, 1.54) is 12.1 Å². The fourth-order valence-electron chi connectivity index (χ4n) is 1.38. The third-order valence-corrected chi connectivity index (χ3v) is 2.22. The Balaban J connectivity index is 3.25. The standard InChI is InChI=1S/C10H11F2NO2/c1-2-5(10(14)15)6-3-4-7(13)9(12)8(6)11/h3-5H,2,13H2,1H3,(H,14,15). The Morgan fingerprint density at radius 1 is 1.47 bits per heavy atom. The lowest BCUT2D eigenvalue weighted by atomic mass is 9.95. The SMILES string of the molecule is CCC(C(=O)O)c1ccc(N)c(F)c1F. The maximum absolute atomic E-state index is 13.3. The van der Waals surface area contributed by atoms with E-state index in [9.17, 15) is 13.6 Å². The Morgan fingerprint density at radius 3 is 2.53 bits per heavy atom. The Bertz CT molecular complexity index is 393. The van der Waals surface area contributed by atoms with E-state index in [-0.39, 0.29) is 17.7 Å². The molecule has 0 amide bonds. The summed E-state index contributed by atoms with van der Waals surface area (Å²) in [4.78, 5) is 10.8. The van der Waals surface area contributed by atoms with E-state index >= 15 is 0 Å². The van der Waals surface area contributed by atoms with Gasteiger partial charge in [-0.15, -0.1) is 0 Å². The molecule has 0 aromatic heterocycles. The quantitative estimate of drug-likeness (QED) is 0.759. The number of rotatable bonds is 3. The van der Waals surface area contributed by atoms with E-state index in [2.05, 4.69) is 0 Å². The van der Waals surface area contributed by atoms with Crippen molar-refractivity contribution >= 4 is 11.7 Å². The van der Waals surface area contributed by atoms with Gasteiger partial charge in [-0.25, -0.2) is 8.78 Å². The Kier molecular flexibility index (Phi) is 3.24. The van der Waals surface area contributed by atoms with Gasteiger partial charge >= 0.3 is 5.97 Å². The number of anilines is 1. The number of aliphatic carboxylic acids is 1. The van der Waals surface area contributed by atoms with Gasteiger partial charge in [-0.05, 0) is 12.5 Å². The molecule has 0 heterocycles. The summed E-state index contributed by atoms with van der Waals surface area (Å²) in [6, 6.07) is 2.37. The number of carbonyl (C=O) groups is 1. The lowest BCUT2D eigenvalue weighted by Crippen LogP contribution is -2.13. The summed E-state index contributed by atoms with van der Waals surface area (Å²) >= 11 is 0. The third kappa shape index (κ3) is 2.06. The molecule has 0 bridgehead atoms. The molecule has 5 heteroatoms. The number of carboxylic acid groups (broad SMARTS) is 1. The maximum Gasteiger partial charge on any atom is 0.311 e. The highest BCUT2D eigenvalue weighted by molar-refractivity contribution is 5.76. The largest absolute Gasteiger partial charge is 0.481 e. The highest BCUT2D eigenvalue weighted by atomic mass is 19.2. The molecular formula is C10H11F2NO2. The molecular weight excluding hydrogens is 204 g/mol. The first-order valence-electron chi connectivity index (χ1n) is 4.45. The van der Waals surface area contributed by atoms with Crippen LogP contribution in [0, 0.1) is 11.6 Å². The van der Waals surface area contributed by atoms with Crippen LogP contribution < -0.4 is 5.73 Å². The summed E-state index contributed by atoms with van der Waals surface area (Å²) in [6.07, 6.45) is 0.190. The van der Waals surface area contributed by atoms with Crippen molar-refractivity contribution in [3.8, 4) is 0 Å². The van der Waals surface area contributed by atoms with Crippen molar-refractivity contribution in [1.82, 2.24) is 0 Å². The highest BCUT2D eigenvalue weighted by Crippen LogP contribution is 2.26. The van der Waals surface area contributed by atoms with Crippen LogP contribution in [0.1, 0.15) is 24.8 Å². The first kappa shape index (κ1) is 11.4. The molecule has 3 N–H and O–H groups in total. The molecule has 0 aliphatic carbocycles. The molecule has 82 valence electrons. The molecule has 1 rings (SSSR count). The minimum absolute atomic E-state index is 0.170. The van der Waals surface area contributed by atoms with Crippen molar-refractivity contribution in [2.75, 3.05) is 5.73 Å². The number of nitrogens with two attached hydrogens (primary N) is 1. The fraction of sp³-hybridized carbons (Fsp3) is 0.300. The number of hydrogen-bond donors (Lipinski definition) is 2. The third-order valence-electron chi connectivity index (χ3n) is 2.22. The lowest BCUT2D eigenvalue weighted by Gasteiger charge is -2.12. The second kappa shape index (κ2) is 4.25. The van der Waals surface area contributed by atoms with Gasteiger partial charge in [0, 0.05) is 5.56 Å². The first-order chi connectivity index (χ1) is 6.99. The van der Waals surface area contributed by atoms with E-state index in [1.807, 2.05) is 0 Å². The monoisotopic (exact) mass is 215 g/mol. The molecule has 0 fully saturated rings. The van der Waals surface area contributed by atoms with Gasteiger partial charge in [0.25, 0.3) is 0 Å². The van der Waals surface area contributed by atoms with Crippen molar-refractivity contribution in [1.29, 1.82) is 0 Å². The van der Waals surface area contributed by atoms with Crippen molar-refractivity contribution in [3.63, 3.8) is 0 Å². The normalized spacial score (nSPS) is 12.5. The van der Waals surface area contributed by atoms with Crippen LogP contribution in [0.15, 0.2) is 12.1 Å². The minimum Gasteiger partial charge on any atom is -0.481 e. The lowest BCUT2D eigenvalue weighted by molar-refractivity contribution is -0.138. The van der Waals surface area contributed by atoms with Crippen LogP contribution in [0.4, 0.5) is 14.5 Å². The molecule has 1 aromatic carbocycles. The van der Waals surface area contributed by atoms with E-state index in [1.54, 1.807) is 6.92 Å². The number of carboxylic acids is 1. The van der Waals surface area contributed by atoms with Crippen LogP contribution in [0.3, 0.4) is 0 Å². The summed E-state index contributed by atoms with van der Waals surface area (Å²) in [5.74, 6) is -4.59. The van der Waals surface area contributed by atoms with Gasteiger partial charge in [0.05, 0.1) is 11.6 Å². The van der Waals surface area contributed by atoms with Crippen LogP contribution in [0.2, 0.25) is 0 Å². The minimum atomic E-state index is -1.19. The molecule has 0 aliphatic rings. The average molecular weight is 215 g/mol. The number of nitrogen functional groups attached to an aromatic ring is 1. The summed E-state index contributed by atoms with van der Waals surface area (Å²) < 4.78 is 26.4. The zero-order valence-electron chi connectivity index (χ0n) is 8.13. The predicted molar refractivity (Wildman–Crippen MR) is 51.4 cm³/mol. The number of benzene rings is 1. The molecule has 1 atom stereocenters. The van der Waals surface area contributed by atoms with Gasteiger partial charge in [0.1, 0.15) is 0 Å². The predicted octanol–water partition coefficient (Wildman–Crippen LogP) is 2.13. The van der Waals surface area contributed by atoms with Crippen LogP contribution >= 0.6 is 0 Å². The Labute approximate surface area is 85.5 Å². The zero-order chi connectivity index (χ0) is 11.6. The van der Waals surface area contributed by atoms with Crippen molar-refractivity contribution in [2.24, 2.45) is 0 Å². The molecule has 0 radical (unpaired) electrons. The van der Waals surface area contributed by atoms with Crippen LogP contribution in [-0.2, 0) is 4.79 Å². The van der Waals surface area contributed by atoms with E-state index in [0.717, 1.165) is 0 Å². The van der Waals surface area contributed by atoms with Crippen LogP contribution in [0.25, 0.3) is 0 Å².